The summed E-state index contributed by atoms with van der Waals surface area (Å²) in [6.07, 6.45) is 1.81. The van der Waals surface area contributed by atoms with Crippen molar-refractivity contribution >= 4 is 40.0 Å². The van der Waals surface area contributed by atoms with E-state index in [2.05, 4.69) is 27.0 Å². The van der Waals surface area contributed by atoms with E-state index in [0.29, 0.717) is 35.0 Å². The first kappa shape index (κ1) is 21.4. The third-order valence-corrected chi connectivity index (χ3v) is 6.57. The summed E-state index contributed by atoms with van der Waals surface area (Å²) in [7, 11) is 0. The zero-order valence-corrected chi connectivity index (χ0v) is 19.4. The van der Waals surface area contributed by atoms with Crippen LogP contribution in [0, 0.1) is 0 Å². The maximum Gasteiger partial charge on any atom is 0.262 e. The molecule has 0 amide bonds. The van der Waals surface area contributed by atoms with E-state index in [9.17, 15) is 4.79 Å². The van der Waals surface area contributed by atoms with Crippen LogP contribution in [-0.4, -0.2) is 33.9 Å². The van der Waals surface area contributed by atoms with Gasteiger partial charge in [-0.2, -0.15) is 0 Å². The van der Waals surface area contributed by atoms with Gasteiger partial charge in [0, 0.05) is 23.7 Å². The molecule has 0 aliphatic heterocycles. The van der Waals surface area contributed by atoms with Gasteiger partial charge in [-0.05, 0) is 43.3 Å². The van der Waals surface area contributed by atoms with E-state index in [1.165, 1.54) is 11.8 Å². The molecule has 0 fully saturated rings. The molecule has 3 heterocycles. The summed E-state index contributed by atoms with van der Waals surface area (Å²) in [5, 5.41) is 19.6. The molecule has 8 nitrogen and oxygen atoms in total. The van der Waals surface area contributed by atoms with Crippen LogP contribution < -0.4 is 5.56 Å². The van der Waals surface area contributed by atoms with Gasteiger partial charge >= 0.3 is 0 Å². The molecule has 0 bridgehead atoms. The first-order valence-electron chi connectivity index (χ1n) is 10.4. The van der Waals surface area contributed by atoms with E-state index in [1.54, 1.807) is 4.57 Å². The molecular formula is C23H20ClN7OS. The number of hydrogen-bond acceptors (Lipinski definition) is 6. The predicted octanol–water partition coefficient (Wildman–Crippen LogP) is 4.45. The van der Waals surface area contributed by atoms with Gasteiger partial charge in [0.25, 0.3) is 5.56 Å². The highest BCUT2D eigenvalue weighted by Gasteiger charge is 2.18. The van der Waals surface area contributed by atoms with Crippen molar-refractivity contribution in [2.45, 2.75) is 30.9 Å². The average Bonchev–Trinajstić information content (AvgIpc) is 3.43. The maximum absolute atomic E-state index is 12.9. The molecule has 3 aromatic heterocycles. The summed E-state index contributed by atoms with van der Waals surface area (Å²) in [6.45, 7) is 6.87. The van der Waals surface area contributed by atoms with E-state index in [-0.39, 0.29) is 5.56 Å². The number of aromatic nitrogens is 7. The molecule has 5 rings (SSSR count). The van der Waals surface area contributed by atoms with Crippen molar-refractivity contribution < 1.29 is 0 Å². The fraction of sp³-hybridized carbons (Fsp3) is 0.174. The highest BCUT2D eigenvalue weighted by Crippen LogP contribution is 2.27. The minimum absolute atomic E-state index is 0.0643. The Morgan fingerprint density at radius 1 is 1.03 bits per heavy atom. The molecule has 0 unspecified atom stereocenters. The monoisotopic (exact) mass is 477 g/mol. The second-order valence-corrected chi connectivity index (χ2v) is 8.70. The molecule has 0 spiro atoms. The Kier molecular flexibility index (Phi) is 5.74. The number of rotatable bonds is 7. The number of benzene rings is 2. The Morgan fingerprint density at radius 2 is 1.82 bits per heavy atom. The number of fused-ring (bicyclic) bond motifs is 3. The fourth-order valence-electron chi connectivity index (χ4n) is 3.82. The van der Waals surface area contributed by atoms with Gasteiger partial charge in [-0.15, -0.1) is 27.0 Å². The van der Waals surface area contributed by atoms with Gasteiger partial charge in [0.1, 0.15) is 5.82 Å². The Hall–Kier alpha value is -3.43. The third-order valence-electron chi connectivity index (χ3n) is 5.35. The minimum Gasteiger partial charge on any atom is -0.298 e. The van der Waals surface area contributed by atoms with Crippen molar-refractivity contribution in [3.05, 3.63) is 82.4 Å². The number of thioether (sulfide) groups is 1. The van der Waals surface area contributed by atoms with Gasteiger partial charge in [-0.1, -0.05) is 41.6 Å². The largest absolute Gasteiger partial charge is 0.298 e. The number of para-hydroxylation sites is 1. The first-order chi connectivity index (χ1) is 16.1. The lowest BCUT2D eigenvalue weighted by molar-refractivity contribution is 0.730. The lowest BCUT2D eigenvalue weighted by atomic mass is 10.2. The van der Waals surface area contributed by atoms with Crippen LogP contribution in [0.2, 0.25) is 5.02 Å². The highest BCUT2D eigenvalue weighted by molar-refractivity contribution is 7.98. The molecule has 0 aliphatic carbocycles. The summed E-state index contributed by atoms with van der Waals surface area (Å²) in [5.74, 6) is 2.51. The smallest absolute Gasteiger partial charge is 0.262 e. The summed E-state index contributed by atoms with van der Waals surface area (Å²) in [5.41, 5.74) is 1.65. The van der Waals surface area contributed by atoms with Crippen molar-refractivity contribution in [2.24, 2.45) is 0 Å². The zero-order valence-electron chi connectivity index (χ0n) is 17.8. The molecule has 10 heteroatoms. The quantitative estimate of drug-likeness (QED) is 0.254. The Balaban J connectivity index is 1.55. The molecule has 0 atom stereocenters. The number of nitrogens with zero attached hydrogens (tertiary/aromatic N) is 7. The topological polar surface area (TPSA) is 82.9 Å². The molecule has 0 aliphatic rings. The molecular weight excluding hydrogens is 458 g/mol. The standard InChI is InChI=1S/C23H20ClN7OS/c1-3-13-30-20(15-9-11-16(24)12-10-15)26-28-23(30)33-14-19-25-27-22-29(4-2)21(32)17-7-5-6-8-18(17)31(19)22/h3,5-12H,1,4,13-14H2,2H3. The molecule has 166 valence electrons. The number of hydrogen-bond donors (Lipinski definition) is 0. The molecule has 33 heavy (non-hydrogen) atoms. The van der Waals surface area contributed by atoms with Crippen LogP contribution in [0.5, 0.6) is 0 Å². The van der Waals surface area contributed by atoms with Crippen molar-refractivity contribution in [1.82, 2.24) is 33.9 Å². The van der Waals surface area contributed by atoms with E-state index < -0.39 is 0 Å². The zero-order chi connectivity index (χ0) is 22.9. The van der Waals surface area contributed by atoms with Crippen molar-refractivity contribution in [3.63, 3.8) is 0 Å². The Labute approximate surface area is 198 Å². The lowest BCUT2D eigenvalue weighted by Crippen LogP contribution is -2.22. The van der Waals surface area contributed by atoms with Crippen LogP contribution in [0.4, 0.5) is 0 Å². The van der Waals surface area contributed by atoms with E-state index in [4.69, 9.17) is 11.6 Å². The molecule has 0 saturated carbocycles. The van der Waals surface area contributed by atoms with Gasteiger partial charge in [0.2, 0.25) is 5.78 Å². The van der Waals surface area contributed by atoms with Crippen molar-refractivity contribution in [2.75, 3.05) is 0 Å². The van der Waals surface area contributed by atoms with E-state index in [1.807, 2.05) is 70.5 Å². The summed E-state index contributed by atoms with van der Waals surface area (Å²) in [6, 6.07) is 15.0. The van der Waals surface area contributed by atoms with Gasteiger partial charge in [-0.25, -0.2) is 0 Å². The Bertz CT molecular complexity index is 1530. The summed E-state index contributed by atoms with van der Waals surface area (Å²) in [4.78, 5) is 12.9. The average molecular weight is 478 g/mol. The first-order valence-corrected chi connectivity index (χ1v) is 11.8. The molecule has 0 N–H and O–H groups in total. The Morgan fingerprint density at radius 3 is 2.58 bits per heavy atom. The fourth-order valence-corrected chi connectivity index (χ4v) is 4.81. The maximum atomic E-state index is 12.9. The summed E-state index contributed by atoms with van der Waals surface area (Å²) < 4.78 is 5.59. The number of allylic oxidation sites excluding steroid dienone is 1. The summed E-state index contributed by atoms with van der Waals surface area (Å²) >= 11 is 7.54. The molecule has 5 aromatic rings. The highest BCUT2D eigenvalue weighted by atomic mass is 35.5. The number of halogens is 1. The van der Waals surface area contributed by atoms with Crippen molar-refractivity contribution in [3.8, 4) is 11.4 Å². The lowest BCUT2D eigenvalue weighted by Gasteiger charge is -2.10. The van der Waals surface area contributed by atoms with Crippen LogP contribution in [-0.2, 0) is 18.8 Å². The van der Waals surface area contributed by atoms with Crippen molar-refractivity contribution in [1.29, 1.82) is 0 Å². The second kappa shape index (κ2) is 8.84. The van der Waals surface area contributed by atoms with Gasteiger partial charge in [-0.3, -0.25) is 18.3 Å². The SMILES string of the molecule is C=CCn1c(SCc2nnc3n(CC)c(=O)c4ccccc4n23)nnc1-c1ccc(Cl)cc1. The molecule has 0 radical (unpaired) electrons. The van der Waals surface area contributed by atoms with Crippen LogP contribution in [0.25, 0.3) is 28.1 Å². The minimum atomic E-state index is -0.0643. The van der Waals surface area contributed by atoms with Gasteiger partial charge in [0.05, 0.1) is 16.7 Å². The normalized spacial score (nSPS) is 11.5. The van der Waals surface area contributed by atoms with Gasteiger partial charge in [0.15, 0.2) is 11.0 Å². The van der Waals surface area contributed by atoms with Crippen LogP contribution in [0.1, 0.15) is 12.7 Å². The van der Waals surface area contributed by atoms with Crippen LogP contribution >= 0.6 is 23.4 Å². The van der Waals surface area contributed by atoms with E-state index in [0.717, 1.165) is 27.9 Å². The van der Waals surface area contributed by atoms with Crippen LogP contribution in [0.3, 0.4) is 0 Å². The molecule has 2 aromatic carbocycles. The van der Waals surface area contributed by atoms with Gasteiger partial charge < -0.3 is 0 Å². The van der Waals surface area contributed by atoms with Crippen LogP contribution in [0.15, 0.2) is 71.1 Å². The van der Waals surface area contributed by atoms with E-state index >= 15 is 0 Å². The number of aryl methyl sites for hydroxylation is 1. The third kappa shape index (κ3) is 3.73. The second-order valence-electron chi connectivity index (χ2n) is 7.32. The molecule has 0 saturated heterocycles. The predicted molar refractivity (Wildman–Crippen MR) is 131 cm³/mol.